The van der Waals surface area contributed by atoms with Gasteiger partial charge in [-0.3, -0.25) is 0 Å². The maximum Gasteiger partial charge on any atom is 0.275 e. The number of anilines is 1. The normalized spacial score (nSPS) is 16.9. The molecule has 2 heterocycles. The fourth-order valence-corrected chi connectivity index (χ4v) is 4.21. The van der Waals surface area contributed by atoms with Crippen LogP contribution in [-0.2, 0) is 18.9 Å². The predicted molar refractivity (Wildman–Crippen MR) is 118 cm³/mol. The number of nitrogens with zero attached hydrogens (tertiary/aromatic N) is 2. The van der Waals surface area contributed by atoms with Crippen LogP contribution in [0.3, 0.4) is 0 Å². The maximum absolute atomic E-state index is 14.8. The van der Waals surface area contributed by atoms with Crippen LogP contribution in [0.1, 0.15) is 28.7 Å². The van der Waals surface area contributed by atoms with Crippen molar-refractivity contribution in [3.8, 4) is 0 Å². The minimum Gasteiger partial charge on any atom is -0.352 e. The second-order valence-corrected chi connectivity index (χ2v) is 8.13. The smallest absolute Gasteiger partial charge is 0.275 e. The molecule has 0 aliphatic carbocycles. The van der Waals surface area contributed by atoms with Crippen molar-refractivity contribution in [2.24, 2.45) is 5.73 Å². The number of halogens is 2. The van der Waals surface area contributed by atoms with Crippen LogP contribution in [0.25, 0.3) is 10.9 Å². The van der Waals surface area contributed by atoms with E-state index in [0.717, 1.165) is 27.8 Å². The molecule has 3 N–H and O–H groups in total. The van der Waals surface area contributed by atoms with Crippen LogP contribution in [0.15, 0.2) is 48.5 Å². The van der Waals surface area contributed by atoms with E-state index in [1.54, 1.807) is 18.2 Å². The van der Waals surface area contributed by atoms with Crippen molar-refractivity contribution in [1.29, 1.82) is 0 Å². The average Bonchev–Trinajstić information content (AvgIpc) is 2.87. The van der Waals surface area contributed by atoms with E-state index in [1.165, 1.54) is 0 Å². The Morgan fingerprint density at radius 2 is 2.00 bits per heavy atom. The van der Waals surface area contributed by atoms with E-state index in [-0.39, 0.29) is 24.6 Å². The van der Waals surface area contributed by atoms with E-state index in [2.05, 4.69) is 24.4 Å². The monoisotopic (exact) mass is 410 g/mol. The molecule has 0 spiro atoms. The summed E-state index contributed by atoms with van der Waals surface area (Å²) in [5.41, 5.74) is 9.77. The number of benzene rings is 2. The zero-order chi connectivity index (χ0) is 21.3. The summed E-state index contributed by atoms with van der Waals surface area (Å²) in [5.74, 6) is -2.07. The average molecular weight is 411 g/mol. The molecule has 1 unspecified atom stereocenters. The molecule has 4 rings (SSSR count). The third-order valence-electron chi connectivity index (χ3n) is 5.95. The van der Waals surface area contributed by atoms with Gasteiger partial charge >= 0.3 is 0 Å². The van der Waals surface area contributed by atoms with Crippen LogP contribution in [0, 0.1) is 6.92 Å². The molecule has 4 nitrogen and oxygen atoms in total. The predicted octanol–water partition coefficient (Wildman–Crippen LogP) is 4.13. The molecule has 3 aromatic rings. The number of pyridine rings is 1. The number of rotatable bonds is 5. The maximum atomic E-state index is 14.8. The van der Waals surface area contributed by atoms with Gasteiger partial charge in [-0.05, 0) is 49.7 Å². The molecule has 1 atom stereocenters. The Bertz CT molecular complexity index is 1050. The highest BCUT2D eigenvalue weighted by atomic mass is 19.3. The molecule has 0 bridgehead atoms. The molecular formula is C24H28F2N4. The summed E-state index contributed by atoms with van der Waals surface area (Å²) in [5, 5.41) is 4.30. The number of fused-ring (bicyclic) bond motifs is 2. The van der Waals surface area contributed by atoms with Crippen LogP contribution in [0.2, 0.25) is 0 Å². The van der Waals surface area contributed by atoms with Gasteiger partial charge in [0.25, 0.3) is 5.92 Å². The first-order chi connectivity index (χ1) is 14.4. The van der Waals surface area contributed by atoms with E-state index in [4.69, 9.17) is 10.7 Å². The van der Waals surface area contributed by atoms with Crippen molar-refractivity contribution in [2.45, 2.75) is 38.3 Å². The third kappa shape index (κ3) is 4.02. The molecule has 0 amide bonds. The van der Waals surface area contributed by atoms with Gasteiger partial charge in [-0.15, -0.1) is 0 Å². The summed E-state index contributed by atoms with van der Waals surface area (Å²) in [7, 11) is 1.89. The summed E-state index contributed by atoms with van der Waals surface area (Å²) >= 11 is 0. The fraction of sp³-hybridized carbons (Fsp3) is 0.375. The first-order valence-corrected chi connectivity index (χ1v) is 10.4. The highest BCUT2D eigenvalue weighted by Gasteiger charge is 2.37. The first-order valence-electron chi connectivity index (χ1n) is 10.4. The zero-order valence-corrected chi connectivity index (χ0v) is 17.5. The lowest BCUT2D eigenvalue weighted by Crippen LogP contribution is -2.36. The summed E-state index contributed by atoms with van der Waals surface area (Å²) in [4.78, 5) is 6.93. The van der Waals surface area contributed by atoms with E-state index in [9.17, 15) is 8.78 Å². The molecule has 0 radical (unpaired) electrons. The fourth-order valence-electron chi connectivity index (χ4n) is 4.21. The lowest BCUT2D eigenvalue weighted by molar-refractivity contribution is -0.00968. The molecule has 6 heteroatoms. The van der Waals surface area contributed by atoms with Crippen molar-refractivity contribution < 1.29 is 8.78 Å². The number of hydrogen-bond donors (Lipinski definition) is 2. The van der Waals surface area contributed by atoms with Crippen molar-refractivity contribution in [3.05, 3.63) is 70.8 Å². The molecule has 0 saturated heterocycles. The summed E-state index contributed by atoms with van der Waals surface area (Å²) < 4.78 is 29.6. The zero-order valence-electron chi connectivity index (χ0n) is 17.5. The minimum absolute atomic E-state index is 0.0912. The molecule has 2 aromatic carbocycles. The Morgan fingerprint density at radius 3 is 2.77 bits per heavy atom. The second-order valence-electron chi connectivity index (χ2n) is 8.13. The Kier molecular flexibility index (Phi) is 5.71. The van der Waals surface area contributed by atoms with Gasteiger partial charge in [0.15, 0.2) is 0 Å². The van der Waals surface area contributed by atoms with Crippen LogP contribution in [-0.4, -0.2) is 31.2 Å². The Labute approximate surface area is 176 Å². The van der Waals surface area contributed by atoms with E-state index >= 15 is 0 Å². The van der Waals surface area contributed by atoms with Gasteiger partial charge in [0.05, 0.1) is 5.52 Å². The molecular weight excluding hydrogens is 382 g/mol. The Hall–Kier alpha value is -2.57. The topological polar surface area (TPSA) is 54.2 Å². The van der Waals surface area contributed by atoms with Gasteiger partial charge in [-0.25, -0.2) is 13.8 Å². The van der Waals surface area contributed by atoms with Crippen molar-refractivity contribution in [3.63, 3.8) is 0 Å². The van der Waals surface area contributed by atoms with Crippen LogP contribution in [0.5, 0.6) is 0 Å². The summed E-state index contributed by atoms with van der Waals surface area (Å²) in [6.45, 7) is 3.20. The number of likely N-dealkylation sites (N-methyl/N-ethyl adjacent to an activating group) is 1. The first kappa shape index (κ1) is 20.7. The van der Waals surface area contributed by atoms with Gasteiger partial charge in [0, 0.05) is 43.0 Å². The number of alkyl halides is 2. The van der Waals surface area contributed by atoms with Gasteiger partial charge in [0.1, 0.15) is 5.82 Å². The number of aromatic nitrogens is 1. The van der Waals surface area contributed by atoms with E-state index < -0.39 is 5.92 Å². The molecule has 1 aromatic heterocycles. The second kappa shape index (κ2) is 8.28. The summed E-state index contributed by atoms with van der Waals surface area (Å²) in [6, 6.07) is 15.2. The molecule has 1 aliphatic rings. The number of nitrogens with two attached hydrogens (primary N) is 1. The van der Waals surface area contributed by atoms with Gasteiger partial charge in [-0.2, -0.15) is 0 Å². The molecule has 30 heavy (non-hydrogen) atoms. The number of hydrogen-bond acceptors (Lipinski definition) is 4. The largest absolute Gasteiger partial charge is 0.352 e. The highest BCUT2D eigenvalue weighted by Crippen LogP contribution is 2.39. The molecule has 158 valence electrons. The van der Waals surface area contributed by atoms with Crippen molar-refractivity contribution in [1.82, 2.24) is 10.3 Å². The number of aryl methyl sites for hydroxylation is 1. The molecule has 0 saturated carbocycles. The van der Waals surface area contributed by atoms with Crippen LogP contribution >= 0.6 is 0 Å². The van der Waals surface area contributed by atoms with Gasteiger partial charge in [0.2, 0.25) is 0 Å². The van der Waals surface area contributed by atoms with Crippen molar-refractivity contribution in [2.75, 3.05) is 25.0 Å². The SMILES string of the molecule is CNC(CN)Cc1cc2cc(C)ccc2nc1N1CCC(F)(F)c2ccccc2C1. The van der Waals surface area contributed by atoms with Crippen LogP contribution < -0.4 is 16.0 Å². The Balaban J connectivity index is 1.81. The summed E-state index contributed by atoms with van der Waals surface area (Å²) in [6.07, 6.45) is 0.456. The van der Waals surface area contributed by atoms with Gasteiger partial charge < -0.3 is 16.0 Å². The minimum atomic E-state index is -2.84. The quantitative estimate of drug-likeness (QED) is 0.664. The van der Waals surface area contributed by atoms with Crippen molar-refractivity contribution >= 4 is 16.7 Å². The molecule has 0 fully saturated rings. The number of nitrogens with one attached hydrogen (secondary N) is 1. The molecule has 1 aliphatic heterocycles. The van der Waals surface area contributed by atoms with E-state index in [1.807, 2.05) is 30.1 Å². The highest BCUT2D eigenvalue weighted by molar-refractivity contribution is 5.82. The van der Waals surface area contributed by atoms with E-state index in [0.29, 0.717) is 25.1 Å². The third-order valence-corrected chi connectivity index (χ3v) is 5.95. The van der Waals surface area contributed by atoms with Gasteiger partial charge in [-0.1, -0.05) is 35.9 Å². The lowest BCUT2D eigenvalue weighted by atomic mass is 10.0. The Morgan fingerprint density at radius 1 is 1.20 bits per heavy atom. The standard InChI is InChI=1S/C24H28F2N4/c1-16-7-8-22-18(11-16)12-19(13-20(14-27)28-2)23(29-22)30-10-9-24(25,26)21-6-4-3-5-17(21)15-30/h3-8,11-12,20,28H,9-10,13-15,27H2,1-2H3. The lowest BCUT2D eigenvalue weighted by Gasteiger charge is -2.26. The van der Waals surface area contributed by atoms with Crippen LogP contribution in [0.4, 0.5) is 14.6 Å².